The molecule has 0 spiro atoms. The number of hydrogen-bond acceptors (Lipinski definition) is 3. The lowest BCUT2D eigenvalue weighted by Crippen LogP contribution is -2.37. The van der Waals surface area contributed by atoms with Gasteiger partial charge in [0.05, 0.1) is 17.8 Å². The summed E-state index contributed by atoms with van der Waals surface area (Å²) in [5, 5.41) is 5.71. The summed E-state index contributed by atoms with van der Waals surface area (Å²) >= 11 is 0. The molecular formula is C19H20N4O. The molecule has 1 aromatic carbocycles. The Kier molecular flexibility index (Phi) is 3.76. The van der Waals surface area contributed by atoms with Crippen LogP contribution in [0.25, 0.3) is 22.0 Å². The summed E-state index contributed by atoms with van der Waals surface area (Å²) in [4.78, 5) is 17.9. The third kappa shape index (κ3) is 2.66. The second kappa shape index (κ2) is 6.07. The van der Waals surface area contributed by atoms with E-state index < -0.39 is 0 Å². The number of para-hydroxylation sites is 1. The number of likely N-dealkylation sites (tertiary alicyclic amines) is 1. The van der Waals surface area contributed by atoms with Crippen LogP contribution in [0.2, 0.25) is 0 Å². The van der Waals surface area contributed by atoms with Crippen LogP contribution in [0.1, 0.15) is 25.8 Å². The van der Waals surface area contributed by atoms with Crippen LogP contribution in [0, 0.1) is 0 Å². The van der Waals surface area contributed by atoms with Gasteiger partial charge in [0.25, 0.3) is 0 Å². The van der Waals surface area contributed by atoms with Crippen LogP contribution < -0.4 is 0 Å². The van der Waals surface area contributed by atoms with E-state index in [1.165, 1.54) is 0 Å². The third-order valence-corrected chi connectivity index (χ3v) is 4.83. The molecule has 3 aromatic rings. The molecule has 0 bridgehead atoms. The number of carbonyl (C=O) groups excluding carboxylic acids is 1. The molecule has 2 aromatic heterocycles. The molecule has 1 fully saturated rings. The van der Waals surface area contributed by atoms with Crippen molar-refractivity contribution < 1.29 is 4.79 Å². The van der Waals surface area contributed by atoms with E-state index >= 15 is 0 Å². The molecule has 5 nitrogen and oxygen atoms in total. The highest BCUT2D eigenvalue weighted by Crippen LogP contribution is 2.29. The number of aromatic nitrogens is 3. The lowest BCUT2D eigenvalue weighted by atomic mass is 10.0. The number of piperidine rings is 1. The van der Waals surface area contributed by atoms with Gasteiger partial charge in [0.1, 0.15) is 0 Å². The van der Waals surface area contributed by atoms with Crippen molar-refractivity contribution in [1.82, 2.24) is 19.7 Å². The number of carbonyl (C=O) groups is 1. The molecule has 0 unspecified atom stereocenters. The minimum atomic E-state index is 0.163. The van der Waals surface area contributed by atoms with Crippen LogP contribution in [0.4, 0.5) is 0 Å². The van der Waals surface area contributed by atoms with Crippen molar-refractivity contribution in [2.75, 3.05) is 13.1 Å². The maximum absolute atomic E-state index is 11.5. The monoisotopic (exact) mass is 320 g/mol. The van der Waals surface area contributed by atoms with Crippen LogP contribution in [0.3, 0.4) is 0 Å². The Morgan fingerprint density at radius 2 is 1.96 bits per heavy atom. The lowest BCUT2D eigenvalue weighted by Gasteiger charge is -2.31. The molecule has 1 aliphatic heterocycles. The van der Waals surface area contributed by atoms with Gasteiger partial charge < -0.3 is 4.90 Å². The van der Waals surface area contributed by atoms with Crippen LogP contribution >= 0.6 is 0 Å². The van der Waals surface area contributed by atoms with Gasteiger partial charge in [-0.15, -0.1) is 0 Å². The smallest absolute Gasteiger partial charge is 0.219 e. The van der Waals surface area contributed by atoms with Crippen LogP contribution in [0.5, 0.6) is 0 Å². The molecule has 1 amide bonds. The van der Waals surface area contributed by atoms with Gasteiger partial charge in [-0.1, -0.05) is 24.3 Å². The van der Waals surface area contributed by atoms with E-state index in [0.717, 1.165) is 48.0 Å². The first kappa shape index (κ1) is 14.9. The van der Waals surface area contributed by atoms with E-state index in [-0.39, 0.29) is 5.91 Å². The molecular weight excluding hydrogens is 300 g/mol. The molecule has 4 rings (SSSR count). The van der Waals surface area contributed by atoms with E-state index in [9.17, 15) is 4.79 Å². The first-order chi connectivity index (χ1) is 11.7. The van der Waals surface area contributed by atoms with Crippen molar-refractivity contribution >= 4 is 16.8 Å². The predicted molar refractivity (Wildman–Crippen MR) is 93.5 cm³/mol. The van der Waals surface area contributed by atoms with Gasteiger partial charge in [-0.25, -0.2) is 0 Å². The van der Waals surface area contributed by atoms with E-state index in [0.29, 0.717) is 6.04 Å². The largest absolute Gasteiger partial charge is 0.343 e. The van der Waals surface area contributed by atoms with Gasteiger partial charge in [0.15, 0.2) is 0 Å². The third-order valence-electron chi connectivity index (χ3n) is 4.83. The van der Waals surface area contributed by atoms with Crippen molar-refractivity contribution in [1.29, 1.82) is 0 Å². The fraction of sp³-hybridized carbons (Fsp3) is 0.316. The van der Waals surface area contributed by atoms with E-state index in [1.807, 2.05) is 23.4 Å². The van der Waals surface area contributed by atoms with Gasteiger partial charge in [-0.05, 0) is 18.9 Å². The average Bonchev–Trinajstić information content (AvgIpc) is 3.11. The SMILES string of the molecule is CC(=O)N1CCC(n2cc(-c3cccc4cccnc34)cn2)CC1. The standard InChI is InChI=1S/C19H20N4O/c1-14(24)22-10-7-17(8-11-22)23-13-16(12-21-23)18-6-2-4-15-5-3-9-20-19(15)18/h2-6,9,12-13,17H,7-8,10-11H2,1H3. The normalized spacial score (nSPS) is 15.8. The van der Waals surface area contributed by atoms with Gasteiger partial charge >= 0.3 is 0 Å². The summed E-state index contributed by atoms with van der Waals surface area (Å²) in [6.45, 7) is 3.26. The first-order valence-corrected chi connectivity index (χ1v) is 8.36. The Labute approximate surface area is 140 Å². The molecule has 0 aliphatic carbocycles. The second-order valence-corrected chi connectivity index (χ2v) is 6.33. The fourth-order valence-corrected chi connectivity index (χ4v) is 3.46. The summed E-state index contributed by atoms with van der Waals surface area (Å²) in [6.07, 6.45) is 7.76. The molecule has 0 saturated carbocycles. The van der Waals surface area contributed by atoms with E-state index in [4.69, 9.17) is 0 Å². The lowest BCUT2D eigenvalue weighted by molar-refractivity contribution is -0.130. The molecule has 0 N–H and O–H groups in total. The maximum atomic E-state index is 11.5. The number of pyridine rings is 1. The minimum Gasteiger partial charge on any atom is -0.343 e. The van der Waals surface area contributed by atoms with Crippen LogP contribution in [0.15, 0.2) is 48.9 Å². The van der Waals surface area contributed by atoms with Crippen LogP contribution in [-0.2, 0) is 4.79 Å². The highest BCUT2D eigenvalue weighted by Gasteiger charge is 2.22. The molecule has 122 valence electrons. The fourth-order valence-electron chi connectivity index (χ4n) is 3.46. The zero-order chi connectivity index (χ0) is 16.5. The molecule has 24 heavy (non-hydrogen) atoms. The molecule has 0 radical (unpaired) electrons. The van der Waals surface area contributed by atoms with Crippen molar-refractivity contribution in [3.63, 3.8) is 0 Å². The Balaban J connectivity index is 1.60. The summed E-state index contributed by atoms with van der Waals surface area (Å²) in [6, 6.07) is 10.6. The maximum Gasteiger partial charge on any atom is 0.219 e. The molecule has 0 atom stereocenters. The molecule has 3 heterocycles. The van der Waals surface area contributed by atoms with Crippen molar-refractivity contribution in [3.8, 4) is 11.1 Å². The summed E-state index contributed by atoms with van der Waals surface area (Å²) in [5.41, 5.74) is 3.21. The number of rotatable bonds is 2. The first-order valence-electron chi connectivity index (χ1n) is 8.36. The van der Waals surface area contributed by atoms with E-state index in [2.05, 4.69) is 45.2 Å². The zero-order valence-corrected chi connectivity index (χ0v) is 13.7. The predicted octanol–water partition coefficient (Wildman–Crippen LogP) is 3.28. The highest BCUT2D eigenvalue weighted by molar-refractivity contribution is 5.93. The Morgan fingerprint density at radius 1 is 1.17 bits per heavy atom. The molecule has 1 aliphatic rings. The van der Waals surface area contributed by atoms with E-state index in [1.54, 1.807) is 6.92 Å². The summed E-state index contributed by atoms with van der Waals surface area (Å²) < 4.78 is 2.05. The van der Waals surface area contributed by atoms with Crippen molar-refractivity contribution in [3.05, 3.63) is 48.9 Å². The van der Waals surface area contributed by atoms with Gasteiger partial charge in [0, 0.05) is 48.9 Å². The number of amides is 1. The Bertz CT molecular complexity index is 872. The number of hydrogen-bond donors (Lipinski definition) is 0. The van der Waals surface area contributed by atoms with Crippen LogP contribution in [-0.4, -0.2) is 38.7 Å². The quantitative estimate of drug-likeness (QED) is 0.728. The number of fused-ring (bicyclic) bond motifs is 1. The highest BCUT2D eigenvalue weighted by atomic mass is 16.2. The summed E-state index contributed by atoms with van der Waals surface area (Å²) in [5.74, 6) is 0.163. The Morgan fingerprint density at radius 3 is 2.75 bits per heavy atom. The Hall–Kier alpha value is -2.69. The minimum absolute atomic E-state index is 0.163. The average molecular weight is 320 g/mol. The van der Waals surface area contributed by atoms with Crippen molar-refractivity contribution in [2.24, 2.45) is 0 Å². The number of benzene rings is 1. The van der Waals surface area contributed by atoms with Gasteiger partial charge in [0.2, 0.25) is 5.91 Å². The zero-order valence-electron chi connectivity index (χ0n) is 13.7. The van der Waals surface area contributed by atoms with Crippen molar-refractivity contribution in [2.45, 2.75) is 25.8 Å². The second-order valence-electron chi connectivity index (χ2n) is 6.33. The summed E-state index contributed by atoms with van der Waals surface area (Å²) in [7, 11) is 0. The number of nitrogens with zero attached hydrogens (tertiary/aromatic N) is 4. The molecule has 5 heteroatoms. The molecule has 1 saturated heterocycles. The topological polar surface area (TPSA) is 51.0 Å². The van der Waals surface area contributed by atoms with Gasteiger partial charge in [-0.3, -0.25) is 14.5 Å². The van der Waals surface area contributed by atoms with Gasteiger partial charge in [-0.2, -0.15) is 5.10 Å².